The van der Waals surface area contributed by atoms with Crippen LogP contribution in [0.2, 0.25) is 0 Å². The molecule has 15 nitrogen and oxygen atoms in total. The molecule has 1 aromatic carbocycles. The van der Waals surface area contributed by atoms with Crippen LogP contribution in [0.4, 0.5) is 11.4 Å². The van der Waals surface area contributed by atoms with E-state index in [9.17, 15) is 29.8 Å². The van der Waals surface area contributed by atoms with Gasteiger partial charge in [0.2, 0.25) is 0 Å². The van der Waals surface area contributed by atoms with Crippen LogP contribution < -0.4 is 10.6 Å². The lowest BCUT2D eigenvalue weighted by Crippen LogP contribution is -2.34. The Bertz CT molecular complexity index is 1280. The van der Waals surface area contributed by atoms with Gasteiger partial charge < -0.3 is 15.2 Å². The van der Waals surface area contributed by atoms with Crippen molar-refractivity contribution in [2.24, 2.45) is 0 Å². The van der Waals surface area contributed by atoms with Gasteiger partial charge in [-0.05, 0) is 32.9 Å². The summed E-state index contributed by atoms with van der Waals surface area (Å²) < 4.78 is 6.27. The van der Waals surface area contributed by atoms with Crippen molar-refractivity contribution >= 4 is 23.2 Å². The van der Waals surface area contributed by atoms with Crippen LogP contribution in [-0.4, -0.2) is 54.7 Å². The molecule has 2 amide bonds. The van der Waals surface area contributed by atoms with Crippen LogP contribution in [0.15, 0.2) is 22.7 Å². The molecule has 0 fully saturated rings. The molecular formula is C19H20N8O7. The van der Waals surface area contributed by atoms with Gasteiger partial charge in [-0.1, -0.05) is 5.16 Å². The van der Waals surface area contributed by atoms with Crippen LogP contribution >= 0.6 is 0 Å². The Morgan fingerprint density at radius 1 is 1.06 bits per heavy atom. The smallest absolute Gasteiger partial charge is 0.316 e. The molecule has 15 heteroatoms. The van der Waals surface area contributed by atoms with Crippen molar-refractivity contribution in [3.63, 3.8) is 0 Å². The van der Waals surface area contributed by atoms with Gasteiger partial charge in [-0.15, -0.1) is 0 Å². The number of nitrogens with zero attached hydrogens (tertiary/aromatic N) is 6. The van der Waals surface area contributed by atoms with Crippen LogP contribution in [0, 0.1) is 41.0 Å². The average molecular weight is 472 g/mol. The highest BCUT2D eigenvalue weighted by Gasteiger charge is 2.23. The van der Waals surface area contributed by atoms with Gasteiger partial charge in [0.25, 0.3) is 11.6 Å². The van der Waals surface area contributed by atoms with Crippen LogP contribution in [0.25, 0.3) is 0 Å². The molecule has 0 saturated carbocycles. The van der Waals surface area contributed by atoms with Gasteiger partial charge in [0, 0.05) is 30.3 Å². The molecule has 178 valence electrons. The Balaban J connectivity index is 1.50. The van der Waals surface area contributed by atoms with E-state index < -0.39 is 21.7 Å². The number of aryl methyl sites for hydroxylation is 2. The molecule has 0 aliphatic rings. The molecule has 0 atom stereocenters. The SMILES string of the molecule is Cc1cc(C(=O)NCCNC(=O)c2nc(Cn3nc(C)c([N+](=O)[O-])c3C)no2)ccc1[N+](=O)[O-]. The number of nitro groups is 2. The highest BCUT2D eigenvalue weighted by Crippen LogP contribution is 2.22. The number of aromatic nitrogens is 4. The summed E-state index contributed by atoms with van der Waals surface area (Å²) in [6, 6.07) is 4.00. The van der Waals surface area contributed by atoms with E-state index in [4.69, 9.17) is 4.52 Å². The minimum atomic E-state index is -0.668. The Labute approximate surface area is 191 Å². The van der Waals surface area contributed by atoms with E-state index in [1.807, 2.05) is 0 Å². The molecule has 2 aromatic heterocycles. The summed E-state index contributed by atoms with van der Waals surface area (Å²) in [6.45, 7) is 4.69. The van der Waals surface area contributed by atoms with E-state index >= 15 is 0 Å². The monoisotopic (exact) mass is 472 g/mol. The topological polar surface area (TPSA) is 201 Å². The lowest BCUT2D eigenvalue weighted by molar-refractivity contribution is -0.386. The standard InChI is InChI=1S/C19H20N8O7/c1-10-8-13(4-5-14(10)26(30)31)17(28)20-6-7-21-18(29)19-22-15(24-34-19)9-25-12(3)16(27(32)33)11(2)23-25/h4-5,8H,6-7,9H2,1-3H3,(H,20,28)(H,21,29). The van der Waals surface area contributed by atoms with Crippen LogP contribution in [-0.2, 0) is 6.54 Å². The minimum absolute atomic E-state index is 0.0258. The second-order valence-electron chi connectivity index (χ2n) is 7.22. The fraction of sp³-hybridized carbons (Fsp3) is 0.316. The van der Waals surface area contributed by atoms with Gasteiger partial charge >= 0.3 is 17.5 Å². The van der Waals surface area contributed by atoms with Crippen molar-refractivity contribution in [2.75, 3.05) is 13.1 Å². The van der Waals surface area contributed by atoms with Crippen molar-refractivity contribution in [3.05, 3.63) is 72.7 Å². The fourth-order valence-corrected chi connectivity index (χ4v) is 3.18. The van der Waals surface area contributed by atoms with Gasteiger partial charge in [-0.2, -0.15) is 10.1 Å². The number of carbonyl (C=O) groups excluding carboxylic acids is 2. The maximum atomic E-state index is 12.2. The number of hydrogen-bond acceptors (Lipinski definition) is 10. The fourth-order valence-electron chi connectivity index (χ4n) is 3.18. The van der Waals surface area contributed by atoms with Crippen molar-refractivity contribution in [3.8, 4) is 0 Å². The number of benzene rings is 1. The third kappa shape index (κ3) is 5.20. The first-order valence-electron chi connectivity index (χ1n) is 9.91. The summed E-state index contributed by atoms with van der Waals surface area (Å²) in [4.78, 5) is 49.2. The zero-order valence-electron chi connectivity index (χ0n) is 18.4. The van der Waals surface area contributed by atoms with E-state index in [1.54, 1.807) is 0 Å². The summed E-state index contributed by atoms with van der Waals surface area (Å²) in [5.74, 6) is -1.33. The molecule has 0 radical (unpaired) electrons. The summed E-state index contributed by atoms with van der Waals surface area (Å²) in [5, 5.41) is 34.8. The van der Waals surface area contributed by atoms with Gasteiger partial charge in [-0.25, -0.2) is 0 Å². The largest absolute Gasteiger partial charge is 0.350 e. The molecular weight excluding hydrogens is 452 g/mol. The molecule has 2 heterocycles. The molecule has 0 spiro atoms. The van der Waals surface area contributed by atoms with E-state index in [2.05, 4.69) is 25.9 Å². The van der Waals surface area contributed by atoms with Crippen molar-refractivity contribution in [1.82, 2.24) is 30.6 Å². The zero-order chi connectivity index (χ0) is 25.0. The lowest BCUT2D eigenvalue weighted by atomic mass is 10.1. The molecule has 0 aliphatic heterocycles. The molecule has 3 aromatic rings. The third-order valence-corrected chi connectivity index (χ3v) is 4.83. The second kappa shape index (κ2) is 9.85. The second-order valence-corrected chi connectivity index (χ2v) is 7.22. The van der Waals surface area contributed by atoms with Crippen molar-refractivity contribution in [1.29, 1.82) is 0 Å². The Kier molecular flexibility index (Phi) is 6.94. The molecule has 0 bridgehead atoms. The summed E-state index contributed by atoms with van der Waals surface area (Å²) in [7, 11) is 0. The van der Waals surface area contributed by atoms with Crippen molar-refractivity contribution in [2.45, 2.75) is 27.3 Å². The van der Waals surface area contributed by atoms with E-state index in [-0.39, 0.29) is 54.0 Å². The number of amides is 2. The normalized spacial score (nSPS) is 10.7. The molecule has 0 unspecified atom stereocenters. The predicted octanol–water partition coefficient (Wildman–Crippen LogP) is 1.22. The number of nitro benzene ring substituents is 1. The highest BCUT2D eigenvalue weighted by atomic mass is 16.6. The molecule has 34 heavy (non-hydrogen) atoms. The summed E-state index contributed by atoms with van der Waals surface area (Å²) >= 11 is 0. The van der Waals surface area contributed by atoms with Crippen molar-refractivity contribution < 1.29 is 24.0 Å². The lowest BCUT2D eigenvalue weighted by Gasteiger charge is -2.06. The van der Waals surface area contributed by atoms with E-state index in [1.165, 1.54) is 43.7 Å². The van der Waals surface area contributed by atoms with E-state index in [0.717, 1.165) is 0 Å². The Hall–Kier alpha value is -4.69. The number of nitrogens with one attached hydrogen (secondary N) is 2. The van der Waals surface area contributed by atoms with Crippen LogP contribution in [0.1, 0.15) is 43.8 Å². The van der Waals surface area contributed by atoms with Gasteiger partial charge in [-0.3, -0.25) is 34.5 Å². The summed E-state index contributed by atoms with van der Waals surface area (Å²) in [6.07, 6.45) is 0. The van der Waals surface area contributed by atoms with Gasteiger partial charge in [0.1, 0.15) is 17.9 Å². The van der Waals surface area contributed by atoms with Crippen LogP contribution in [0.5, 0.6) is 0 Å². The Morgan fingerprint density at radius 3 is 2.32 bits per heavy atom. The maximum absolute atomic E-state index is 12.2. The minimum Gasteiger partial charge on any atom is -0.350 e. The molecule has 3 rings (SSSR count). The first-order valence-corrected chi connectivity index (χ1v) is 9.91. The van der Waals surface area contributed by atoms with E-state index in [0.29, 0.717) is 11.3 Å². The highest BCUT2D eigenvalue weighted by molar-refractivity contribution is 5.94. The zero-order valence-corrected chi connectivity index (χ0v) is 18.4. The predicted molar refractivity (Wildman–Crippen MR) is 114 cm³/mol. The molecule has 2 N–H and O–H groups in total. The first kappa shape index (κ1) is 24.0. The van der Waals surface area contributed by atoms with Gasteiger partial charge in [0.05, 0.1) is 9.85 Å². The third-order valence-electron chi connectivity index (χ3n) is 4.83. The average Bonchev–Trinajstić information content (AvgIpc) is 3.34. The molecule has 0 aliphatic carbocycles. The first-order chi connectivity index (χ1) is 16.1. The number of rotatable bonds is 9. The number of carbonyl (C=O) groups is 2. The Morgan fingerprint density at radius 2 is 1.74 bits per heavy atom. The molecule has 0 saturated heterocycles. The maximum Gasteiger partial charge on any atom is 0.316 e. The van der Waals surface area contributed by atoms with Gasteiger partial charge in [0.15, 0.2) is 5.82 Å². The van der Waals surface area contributed by atoms with Crippen LogP contribution in [0.3, 0.4) is 0 Å². The number of hydrogen-bond donors (Lipinski definition) is 2. The summed E-state index contributed by atoms with van der Waals surface area (Å²) in [5.41, 5.74) is 0.979. The quantitative estimate of drug-likeness (QED) is 0.259.